The summed E-state index contributed by atoms with van der Waals surface area (Å²) < 4.78 is 0. The van der Waals surface area contributed by atoms with E-state index in [0.717, 1.165) is 12.8 Å². The molecule has 2 rings (SSSR count). The maximum absolute atomic E-state index is 10.4. The molecule has 64 valence electrons. The van der Waals surface area contributed by atoms with Crippen LogP contribution in [0, 0.1) is 5.41 Å². The topological polar surface area (TPSA) is 49.3 Å². The summed E-state index contributed by atoms with van der Waals surface area (Å²) in [5, 5.41) is 11.7. The lowest BCUT2D eigenvalue weighted by molar-refractivity contribution is -0.139. The number of hydrogen-bond acceptors (Lipinski definition) is 2. The Morgan fingerprint density at radius 3 is 2.55 bits per heavy atom. The van der Waals surface area contributed by atoms with Crippen molar-refractivity contribution in [3.8, 4) is 0 Å². The summed E-state index contributed by atoms with van der Waals surface area (Å²) in [5.74, 6) is -0.701. The number of halogens is 1. The number of carbonyl (C=O) groups is 1. The van der Waals surface area contributed by atoms with E-state index in [4.69, 9.17) is 5.11 Å². The Kier molecular flexibility index (Phi) is 1.89. The fourth-order valence-corrected chi connectivity index (χ4v) is 1.82. The van der Waals surface area contributed by atoms with Gasteiger partial charge in [0, 0.05) is 6.04 Å². The van der Waals surface area contributed by atoms with E-state index in [9.17, 15) is 4.79 Å². The van der Waals surface area contributed by atoms with Crippen molar-refractivity contribution in [1.82, 2.24) is 5.32 Å². The van der Waals surface area contributed by atoms with E-state index in [1.165, 1.54) is 0 Å². The van der Waals surface area contributed by atoms with Crippen LogP contribution in [0.15, 0.2) is 0 Å². The van der Waals surface area contributed by atoms with Crippen molar-refractivity contribution < 1.29 is 9.90 Å². The molecule has 11 heavy (non-hydrogen) atoms. The average molecular weight is 178 g/mol. The Bertz CT molecular complexity index is 197. The molecule has 3 atom stereocenters. The van der Waals surface area contributed by atoms with Crippen molar-refractivity contribution in [3.63, 3.8) is 0 Å². The highest BCUT2D eigenvalue weighted by atomic mass is 35.5. The number of nitrogens with one attached hydrogen (secondary N) is 1. The molecular formula is C7H12ClNO2. The predicted molar refractivity (Wildman–Crippen MR) is 42.9 cm³/mol. The first-order chi connectivity index (χ1) is 4.62. The van der Waals surface area contributed by atoms with Gasteiger partial charge in [0.15, 0.2) is 0 Å². The molecule has 1 heterocycles. The number of aliphatic carboxylic acids is 1. The molecule has 0 bridgehead atoms. The second kappa shape index (κ2) is 2.35. The highest BCUT2D eigenvalue weighted by Gasteiger charge is 2.58. The summed E-state index contributed by atoms with van der Waals surface area (Å²) in [6.07, 6.45) is 1.98. The monoisotopic (exact) mass is 177 g/mol. The van der Waals surface area contributed by atoms with E-state index >= 15 is 0 Å². The summed E-state index contributed by atoms with van der Waals surface area (Å²) in [7, 11) is 0. The van der Waals surface area contributed by atoms with Crippen LogP contribution < -0.4 is 5.32 Å². The predicted octanol–water partition coefficient (Wildman–Crippen LogP) is 0.633. The summed E-state index contributed by atoms with van der Waals surface area (Å²) in [6.45, 7) is 2.15. The second-order valence-electron chi connectivity index (χ2n) is 3.67. The number of fused-ring (bicyclic) bond motifs is 1. The Labute approximate surface area is 71.6 Å². The summed E-state index contributed by atoms with van der Waals surface area (Å²) in [4.78, 5) is 10.4. The Balaban J connectivity index is 0.000000605. The minimum absolute atomic E-state index is 0. The third kappa shape index (κ3) is 1.23. The minimum atomic E-state index is -0.701. The van der Waals surface area contributed by atoms with E-state index in [0.29, 0.717) is 11.5 Å². The molecule has 4 heteroatoms. The third-order valence-corrected chi connectivity index (χ3v) is 2.72. The van der Waals surface area contributed by atoms with Crippen LogP contribution in [-0.4, -0.2) is 23.2 Å². The van der Waals surface area contributed by atoms with E-state index in [-0.39, 0.29) is 18.4 Å². The van der Waals surface area contributed by atoms with Crippen molar-refractivity contribution in [1.29, 1.82) is 0 Å². The summed E-state index contributed by atoms with van der Waals surface area (Å²) in [6, 6.07) is 0.220. The summed E-state index contributed by atoms with van der Waals surface area (Å²) in [5.41, 5.74) is 0.322. The SMILES string of the molecule is C[C@]12C[C@@H](C(=O)O)N[C@H]1C2.Cl. The maximum Gasteiger partial charge on any atom is 0.320 e. The van der Waals surface area contributed by atoms with E-state index in [2.05, 4.69) is 12.2 Å². The molecule has 2 N–H and O–H groups in total. The zero-order valence-electron chi connectivity index (χ0n) is 6.33. The lowest BCUT2D eigenvalue weighted by Gasteiger charge is -2.07. The largest absolute Gasteiger partial charge is 0.480 e. The second-order valence-corrected chi connectivity index (χ2v) is 3.67. The molecule has 0 unspecified atom stereocenters. The van der Waals surface area contributed by atoms with Gasteiger partial charge in [0.05, 0.1) is 0 Å². The highest BCUT2D eigenvalue weighted by Crippen LogP contribution is 2.53. The van der Waals surface area contributed by atoms with Crippen molar-refractivity contribution in [2.24, 2.45) is 5.41 Å². The van der Waals surface area contributed by atoms with E-state index in [1.54, 1.807) is 0 Å². The van der Waals surface area contributed by atoms with Crippen molar-refractivity contribution in [2.45, 2.75) is 31.8 Å². The van der Waals surface area contributed by atoms with Gasteiger partial charge in [-0.1, -0.05) is 6.92 Å². The van der Waals surface area contributed by atoms with Gasteiger partial charge in [-0.3, -0.25) is 4.79 Å². The van der Waals surface area contributed by atoms with Crippen LogP contribution in [0.5, 0.6) is 0 Å². The van der Waals surface area contributed by atoms with Gasteiger partial charge in [0.2, 0.25) is 0 Å². The van der Waals surface area contributed by atoms with Crippen LogP contribution in [0.2, 0.25) is 0 Å². The quantitative estimate of drug-likeness (QED) is 0.618. The molecule has 1 saturated heterocycles. The maximum atomic E-state index is 10.4. The zero-order chi connectivity index (χ0) is 7.35. The molecule has 0 spiro atoms. The summed E-state index contributed by atoms with van der Waals surface area (Å²) >= 11 is 0. The lowest BCUT2D eigenvalue weighted by atomic mass is 10.0. The molecule has 1 saturated carbocycles. The number of hydrogen-bond donors (Lipinski definition) is 2. The normalized spacial score (nSPS) is 45.9. The van der Waals surface area contributed by atoms with Gasteiger partial charge in [0.1, 0.15) is 6.04 Å². The fraction of sp³-hybridized carbons (Fsp3) is 0.857. The van der Waals surface area contributed by atoms with Crippen molar-refractivity contribution in [2.75, 3.05) is 0 Å². The molecule has 0 radical (unpaired) electrons. The molecule has 0 amide bonds. The molecule has 1 aliphatic heterocycles. The van der Waals surface area contributed by atoms with Gasteiger partial charge < -0.3 is 10.4 Å². The standard InChI is InChI=1S/C7H11NO2.ClH/c1-7-2-4(6(9)10)8-5(7)3-7;/h4-5,8H,2-3H2,1H3,(H,9,10);1H/t4-,5-,7+;/m0./s1. The van der Waals surface area contributed by atoms with Crippen molar-refractivity contribution >= 4 is 18.4 Å². The Morgan fingerprint density at radius 2 is 2.27 bits per heavy atom. The van der Waals surface area contributed by atoms with Crippen LogP contribution in [0.25, 0.3) is 0 Å². The highest BCUT2D eigenvalue weighted by molar-refractivity contribution is 5.85. The molecule has 0 aromatic rings. The fourth-order valence-electron chi connectivity index (χ4n) is 1.82. The van der Waals surface area contributed by atoms with Crippen LogP contribution in [0.3, 0.4) is 0 Å². The molecule has 0 aromatic carbocycles. The van der Waals surface area contributed by atoms with E-state index < -0.39 is 5.97 Å². The molecule has 3 nitrogen and oxygen atoms in total. The number of rotatable bonds is 1. The van der Waals surface area contributed by atoms with E-state index in [1.807, 2.05) is 0 Å². The number of carboxylic acids is 1. The van der Waals surface area contributed by atoms with Crippen molar-refractivity contribution in [3.05, 3.63) is 0 Å². The molecule has 2 fully saturated rings. The van der Waals surface area contributed by atoms with Crippen LogP contribution in [-0.2, 0) is 4.79 Å². The van der Waals surface area contributed by atoms with Crippen LogP contribution in [0.1, 0.15) is 19.8 Å². The van der Waals surface area contributed by atoms with Gasteiger partial charge in [-0.25, -0.2) is 0 Å². The first kappa shape index (κ1) is 8.81. The van der Waals surface area contributed by atoms with Crippen LogP contribution in [0.4, 0.5) is 0 Å². The molecule has 2 aliphatic rings. The molecule has 1 aliphatic carbocycles. The number of piperidine rings is 1. The first-order valence-corrected chi connectivity index (χ1v) is 3.61. The molecule has 0 aromatic heterocycles. The van der Waals surface area contributed by atoms with Gasteiger partial charge in [-0.05, 0) is 18.3 Å². The molecular weight excluding hydrogens is 166 g/mol. The van der Waals surface area contributed by atoms with Gasteiger partial charge in [-0.15, -0.1) is 12.4 Å². The lowest BCUT2D eigenvalue weighted by Crippen LogP contribution is -2.33. The smallest absolute Gasteiger partial charge is 0.320 e. The minimum Gasteiger partial charge on any atom is -0.480 e. The number of carboxylic acid groups (broad SMARTS) is 1. The zero-order valence-corrected chi connectivity index (χ0v) is 7.15. The Hall–Kier alpha value is -0.280. The van der Waals surface area contributed by atoms with Gasteiger partial charge in [0.25, 0.3) is 0 Å². The average Bonchev–Trinajstić information content (AvgIpc) is 2.32. The third-order valence-electron chi connectivity index (χ3n) is 2.72. The van der Waals surface area contributed by atoms with Gasteiger partial charge in [-0.2, -0.15) is 0 Å². The van der Waals surface area contributed by atoms with Gasteiger partial charge >= 0.3 is 5.97 Å². The first-order valence-electron chi connectivity index (χ1n) is 3.61. The van der Waals surface area contributed by atoms with Crippen LogP contribution >= 0.6 is 12.4 Å². The Morgan fingerprint density at radius 1 is 1.64 bits per heavy atom.